The Morgan fingerprint density at radius 3 is 2.76 bits per heavy atom. The smallest absolute Gasteiger partial charge is 0.255 e. The van der Waals surface area contributed by atoms with Crippen molar-refractivity contribution in [1.82, 2.24) is 4.98 Å². The van der Waals surface area contributed by atoms with Gasteiger partial charge in [0.05, 0.1) is 13.3 Å². The van der Waals surface area contributed by atoms with Crippen molar-refractivity contribution in [3.05, 3.63) is 42.3 Å². The SMILES string of the molecule is COc1ccc(C(N)CSc2ncco2)cc1. The number of hydrogen-bond donors (Lipinski definition) is 1. The van der Waals surface area contributed by atoms with Crippen molar-refractivity contribution in [1.29, 1.82) is 0 Å². The van der Waals surface area contributed by atoms with Crippen LogP contribution < -0.4 is 10.5 Å². The van der Waals surface area contributed by atoms with E-state index in [0.717, 1.165) is 17.1 Å². The molecule has 0 aliphatic rings. The third kappa shape index (κ3) is 3.25. The fraction of sp³-hybridized carbons (Fsp3) is 0.250. The molecule has 1 aromatic carbocycles. The summed E-state index contributed by atoms with van der Waals surface area (Å²) in [4.78, 5) is 4.03. The van der Waals surface area contributed by atoms with E-state index in [9.17, 15) is 0 Å². The molecule has 0 bridgehead atoms. The fourth-order valence-electron chi connectivity index (χ4n) is 1.39. The summed E-state index contributed by atoms with van der Waals surface area (Å²) in [6.45, 7) is 0. The highest BCUT2D eigenvalue weighted by atomic mass is 32.2. The summed E-state index contributed by atoms with van der Waals surface area (Å²) < 4.78 is 10.2. The molecule has 5 heteroatoms. The molecule has 0 fully saturated rings. The number of oxazole rings is 1. The average Bonchev–Trinajstić information content (AvgIpc) is 2.89. The Kier molecular flexibility index (Phi) is 4.06. The van der Waals surface area contributed by atoms with Crippen molar-refractivity contribution in [2.45, 2.75) is 11.3 Å². The minimum absolute atomic E-state index is 0.0437. The molecule has 0 spiro atoms. The van der Waals surface area contributed by atoms with Crippen LogP contribution in [0.25, 0.3) is 0 Å². The molecule has 2 N–H and O–H groups in total. The summed E-state index contributed by atoms with van der Waals surface area (Å²) >= 11 is 1.51. The van der Waals surface area contributed by atoms with Gasteiger partial charge in [0.1, 0.15) is 12.0 Å². The van der Waals surface area contributed by atoms with E-state index < -0.39 is 0 Å². The molecule has 0 saturated carbocycles. The van der Waals surface area contributed by atoms with Crippen LogP contribution in [-0.2, 0) is 0 Å². The van der Waals surface area contributed by atoms with Crippen molar-refractivity contribution in [3.8, 4) is 5.75 Å². The zero-order valence-electron chi connectivity index (χ0n) is 9.50. The minimum Gasteiger partial charge on any atom is -0.497 e. The predicted octanol–water partition coefficient (Wildman–Crippen LogP) is 2.48. The predicted molar refractivity (Wildman–Crippen MR) is 67.1 cm³/mol. The van der Waals surface area contributed by atoms with Gasteiger partial charge in [-0.3, -0.25) is 0 Å². The molecule has 17 heavy (non-hydrogen) atoms. The Bertz CT molecular complexity index is 442. The molecule has 2 rings (SSSR count). The molecule has 0 saturated heterocycles. The van der Waals surface area contributed by atoms with E-state index in [1.54, 1.807) is 19.6 Å². The van der Waals surface area contributed by atoms with E-state index in [-0.39, 0.29) is 6.04 Å². The van der Waals surface area contributed by atoms with Crippen LogP contribution in [0.4, 0.5) is 0 Å². The Morgan fingerprint density at radius 1 is 1.41 bits per heavy atom. The third-order valence-electron chi connectivity index (χ3n) is 2.34. The Morgan fingerprint density at radius 2 is 2.18 bits per heavy atom. The van der Waals surface area contributed by atoms with E-state index in [0.29, 0.717) is 5.22 Å². The van der Waals surface area contributed by atoms with Gasteiger partial charge in [0, 0.05) is 11.8 Å². The number of methoxy groups -OCH3 is 1. The fourth-order valence-corrected chi connectivity index (χ4v) is 2.16. The first-order valence-electron chi connectivity index (χ1n) is 5.21. The zero-order chi connectivity index (χ0) is 12.1. The maximum Gasteiger partial charge on any atom is 0.255 e. The van der Waals surface area contributed by atoms with Crippen LogP contribution in [0.3, 0.4) is 0 Å². The summed E-state index contributed by atoms with van der Waals surface area (Å²) in [6.07, 6.45) is 3.18. The van der Waals surface area contributed by atoms with Crippen molar-refractivity contribution < 1.29 is 9.15 Å². The number of thioether (sulfide) groups is 1. The number of hydrogen-bond acceptors (Lipinski definition) is 5. The lowest BCUT2D eigenvalue weighted by atomic mass is 10.1. The lowest BCUT2D eigenvalue weighted by Crippen LogP contribution is -2.12. The Balaban J connectivity index is 1.92. The Hall–Kier alpha value is -1.46. The molecule has 4 nitrogen and oxygen atoms in total. The van der Waals surface area contributed by atoms with Gasteiger partial charge in [0.25, 0.3) is 5.22 Å². The highest BCUT2D eigenvalue weighted by Gasteiger charge is 2.08. The maximum absolute atomic E-state index is 6.07. The number of nitrogens with zero attached hydrogens (tertiary/aromatic N) is 1. The lowest BCUT2D eigenvalue weighted by Gasteiger charge is -2.10. The van der Waals surface area contributed by atoms with Crippen LogP contribution in [0.1, 0.15) is 11.6 Å². The lowest BCUT2D eigenvalue weighted by molar-refractivity contribution is 0.414. The van der Waals surface area contributed by atoms with Crippen LogP contribution in [0.15, 0.2) is 46.4 Å². The van der Waals surface area contributed by atoms with E-state index in [4.69, 9.17) is 14.9 Å². The van der Waals surface area contributed by atoms with E-state index in [2.05, 4.69) is 4.98 Å². The molecule has 0 radical (unpaired) electrons. The molecular weight excluding hydrogens is 236 g/mol. The molecule has 1 unspecified atom stereocenters. The van der Waals surface area contributed by atoms with Crippen molar-refractivity contribution in [2.24, 2.45) is 5.73 Å². The minimum atomic E-state index is -0.0437. The van der Waals surface area contributed by atoms with Gasteiger partial charge in [-0.2, -0.15) is 0 Å². The number of ether oxygens (including phenoxy) is 1. The van der Waals surface area contributed by atoms with E-state index in [1.807, 2.05) is 24.3 Å². The Labute approximate surface area is 104 Å². The number of rotatable bonds is 5. The maximum atomic E-state index is 6.07. The molecule has 1 atom stereocenters. The molecule has 2 aromatic rings. The quantitative estimate of drug-likeness (QED) is 0.826. The molecule has 0 amide bonds. The van der Waals surface area contributed by atoms with Gasteiger partial charge in [0.2, 0.25) is 0 Å². The first-order valence-corrected chi connectivity index (χ1v) is 6.20. The summed E-state index contributed by atoms with van der Waals surface area (Å²) in [5.41, 5.74) is 7.15. The highest BCUT2D eigenvalue weighted by Crippen LogP contribution is 2.23. The van der Waals surface area contributed by atoms with E-state index in [1.165, 1.54) is 11.8 Å². The van der Waals surface area contributed by atoms with Gasteiger partial charge < -0.3 is 14.9 Å². The monoisotopic (exact) mass is 250 g/mol. The van der Waals surface area contributed by atoms with Crippen LogP contribution in [-0.4, -0.2) is 17.8 Å². The second-order valence-corrected chi connectivity index (χ2v) is 4.46. The van der Waals surface area contributed by atoms with Gasteiger partial charge in [-0.1, -0.05) is 23.9 Å². The molecule has 1 aromatic heterocycles. The number of aromatic nitrogens is 1. The standard InChI is InChI=1S/C12H14N2O2S/c1-15-10-4-2-9(3-5-10)11(13)8-17-12-14-6-7-16-12/h2-7,11H,8,13H2,1H3. The largest absolute Gasteiger partial charge is 0.497 e. The summed E-state index contributed by atoms with van der Waals surface area (Å²) in [6, 6.07) is 7.72. The van der Waals surface area contributed by atoms with Gasteiger partial charge in [-0.15, -0.1) is 0 Å². The first-order chi connectivity index (χ1) is 8.29. The van der Waals surface area contributed by atoms with Crippen LogP contribution in [0.2, 0.25) is 0 Å². The summed E-state index contributed by atoms with van der Waals surface area (Å²) in [5, 5.41) is 0.647. The van der Waals surface area contributed by atoms with Gasteiger partial charge in [-0.25, -0.2) is 4.98 Å². The van der Waals surface area contributed by atoms with Crippen LogP contribution >= 0.6 is 11.8 Å². The van der Waals surface area contributed by atoms with Gasteiger partial charge in [-0.05, 0) is 17.7 Å². The summed E-state index contributed by atoms with van der Waals surface area (Å²) in [5.74, 6) is 1.56. The molecular formula is C12H14N2O2S. The molecule has 0 aliphatic carbocycles. The zero-order valence-corrected chi connectivity index (χ0v) is 10.3. The second-order valence-electron chi connectivity index (χ2n) is 3.49. The topological polar surface area (TPSA) is 61.3 Å². The van der Waals surface area contributed by atoms with Gasteiger partial charge >= 0.3 is 0 Å². The molecule has 90 valence electrons. The molecule has 0 aliphatic heterocycles. The average molecular weight is 250 g/mol. The van der Waals surface area contributed by atoms with Crippen molar-refractivity contribution in [2.75, 3.05) is 12.9 Å². The van der Waals surface area contributed by atoms with Crippen LogP contribution in [0.5, 0.6) is 5.75 Å². The number of nitrogens with two attached hydrogens (primary N) is 1. The second kappa shape index (κ2) is 5.75. The highest BCUT2D eigenvalue weighted by molar-refractivity contribution is 7.99. The van der Waals surface area contributed by atoms with Crippen LogP contribution in [0, 0.1) is 0 Å². The van der Waals surface area contributed by atoms with Crippen molar-refractivity contribution >= 4 is 11.8 Å². The normalized spacial score (nSPS) is 12.4. The number of benzene rings is 1. The van der Waals surface area contributed by atoms with Gasteiger partial charge in [0.15, 0.2) is 0 Å². The van der Waals surface area contributed by atoms with Crippen molar-refractivity contribution in [3.63, 3.8) is 0 Å². The van der Waals surface area contributed by atoms with E-state index >= 15 is 0 Å². The first kappa shape index (κ1) is 12.0. The molecule has 1 heterocycles. The third-order valence-corrected chi connectivity index (χ3v) is 3.31. The summed E-state index contributed by atoms with van der Waals surface area (Å²) in [7, 11) is 1.65.